The number of non-ortho nitro benzene ring substituents is 1. The highest BCUT2D eigenvalue weighted by atomic mass is 35.5. The van der Waals surface area contributed by atoms with E-state index in [0.29, 0.717) is 36.8 Å². The average molecular weight is 467 g/mol. The molecule has 0 spiro atoms. The maximum atomic E-state index is 13.3. The fraction of sp³-hybridized carbons (Fsp3) is 0.292. The molecule has 9 heteroatoms. The number of nitrogens with one attached hydrogen (secondary N) is 1. The molecule has 1 saturated heterocycles. The molecule has 1 N–H and O–H groups in total. The van der Waals surface area contributed by atoms with E-state index in [1.165, 1.54) is 0 Å². The number of piperazine rings is 1. The molecule has 33 heavy (non-hydrogen) atoms. The van der Waals surface area contributed by atoms with Crippen LogP contribution in [0.25, 0.3) is 0 Å². The molecule has 1 fully saturated rings. The summed E-state index contributed by atoms with van der Waals surface area (Å²) in [7, 11) is 0. The molecule has 170 valence electrons. The minimum Gasteiger partial charge on any atom is -0.467 e. The van der Waals surface area contributed by atoms with Crippen molar-refractivity contribution in [2.75, 3.05) is 29.4 Å². The summed E-state index contributed by atoms with van der Waals surface area (Å²) in [5.74, 6) is 0.236. The van der Waals surface area contributed by atoms with Crippen LogP contribution < -0.4 is 15.1 Å². The van der Waals surface area contributed by atoms with Crippen molar-refractivity contribution in [3.8, 4) is 0 Å². The summed E-state index contributed by atoms with van der Waals surface area (Å²) in [5.41, 5.74) is 2.90. The van der Waals surface area contributed by atoms with Crippen molar-refractivity contribution in [3.63, 3.8) is 0 Å². The van der Waals surface area contributed by atoms with Crippen LogP contribution in [0.1, 0.15) is 11.3 Å². The lowest BCUT2D eigenvalue weighted by molar-refractivity contribution is -0.384. The Morgan fingerprint density at radius 2 is 2.00 bits per heavy atom. The molecule has 3 heterocycles. The number of carbonyl (C=O) groups excluding carboxylic acids is 1. The van der Waals surface area contributed by atoms with Crippen LogP contribution in [0.3, 0.4) is 0 Å². The third kappa shape index (κ3) is 4.26. The summed E-state index contributed by atoms with van der Waals surface area (Å²) in [4.78, 5) is 28.7. The molecule has 0 radical (unpaired) electrons. The molecule has 0 aliphatic carbocycles. The molecule has 2 atom stereocenters. The quantitative estimate of drug-likeness (QED) is 0.451. The number of hydrogen-bond donors (Lipinski definition) is 1. The minimum absolute atomic E-state index is 0.0433. The van der Waals surface area contributed by atoms with Crippen molar-refractivity contribution in [3.05, 3.63) is 87.3 Å². The Morgan fingerprint density at radius 1 is 1.18 bits per heavy atom. The standard InChI is InChI=1S/C24H23ClN4O4/c25-17-3-5-18(6-4-17)27-9-10-28-22-8-7-19(29(31)32)12-16(22)13-21(23(28)15-27)24(30)26-14-20-2-1-11-33-20/h1-8,11-12,21,23H,9-10,13-15H2,(H,26,30). The highest BCUT2D eigenvalue weighted by molar-refractivity contribution is 6.30. The number of anilines is 2. The van der Waals surface area contributed by atoms with Crippen molar-refractivity contribution in [1.29, 1.82) is 0 Å². The Hall–Kier alpha value is -3.52. The maximum Gasteiger partial charge on any atom is 0.269 e. The number of fused-ring (bicyclic) bond motifs is 3. The van der Waals surface area contributed by atoms with Gasteiger partial charge in [0.05, 0.1) is 29.7 Å². The number of hydrogen-bond acceptors (Lipinski definition) is 6. The number of nitro groups is 1. The molecule has 2 unspecified atom stereocenters. The van der Waals surface area contributed by atoms with Crippen molar-refractivity contribution < 1.29 is 14.1 Å². The van der Waals surface area contributed by atoms with Gasteiger partial charge in [-0.15, -0.1) is 0 Å². The van der Waals surface area contributed by atoms with Gasteiger partial charge in [0.25, 0.3) is 5.69 Å². The van der Waals surface area contributed by atoms with Crippen LogP contribution >= 0.6 is 11.6 Å². The summed E-state index contributed by atoms with van der Waals surface area (Å²) in [6, 6.07) is 16.2. The maximum absolute atomic E-state index is 13.3. The molecule has 2 aliphatic heterocycles. The van der Waals surface area contributed by atoms with Crippen molar-refractivity contribution >= 4 is 34.6 Å². The van der Waals surface area contributed by atoms with Gasteiger partial charge in [-0.25, -0.2) is 0 Å². The highest BCUT2D eigenvalue weighted by Gasteiger charge is 2.42. The van der Waals surface area contributed by atoms with Crippen LogP contribution in [0, 0.1) is 16.0 Å². The van der Waals surface area contributed by atoms with E-state index in [2.05, 4.69) is 15.1 Å². The van der Waals surface area contributed by atoms with E-state index in [1.807, 2.05) is 36.4 Å². The van der Waals surface area contributed by atoms with Gasteiger partial charge < -0.3 is 19.5 Å². The normalized spacial score (nSPS) is 19.5. The van der Waals surface area contributed by atoms with Gasteiger partial charge >= 0.3 is 0 Å². The molecular weight excluding hydrogens is 444 g/mol. The fourth-order valence-corrected chi connectivity index (χ4v) is 4.95. The van der Waals surface area contributed by atoms with Gasteiger partial charge in [-0.05, 0) is 54.4 Å². The molecule has 1 aromatic heterocycles. The van der Waals surface area contributed by atoms with E-state index >= 15 is 0 Å². The van der Waals surface area contributed by atoms with Gasteiger partial charge in [-0.3, -0.25) is 14.9 Å². The second-order valence-electron chi connectivity index (χ2n) is 8.36. The number of rotatable bonds is 5. The molecule has 1 amide bonds. The van der Waals surface area contributed by atoms with E-state index < -0.39 is 4.92 Å². The topological polar surface area (TPSA) is 91.9 Å². The van der Waals surface area contributed by atoms with E-state index in [1.54, 1.807) is 24.5 Å². The van der Waals surface area contributed by atoms with Crippen LogP contribution in [0.2, 0.25) is 5.02 Å². The molecule has 2 aliphatic rings. The summed E-state index contributed by atoms with van der Waals surface area (Å²) in [5, 5.41) is 15.0. The Balaban J connectivity index is 1.44. The van der Waals surface area contributed by atoms with Gasteiger partial charge in [0.15, 0.2) is 0 Å². The average Bonchev–Trinajstić information content (AvgIpc) is 3.35. The zero-order chi connectivity index (χ0) is 22.9. The number of carbonyl (C=O) groups is 1. The van der Waals surface area contributed by atoms with Crippen molar-refractivity contribution in [2.45, 2.75) is 19.0 Å². The predicted molar refractivity (Wildman–Crippen MR) is 126 cm³/mol. The Kier molecular flexibility index (Phi) is 5.68. The van der Waals surface area contributed by atoms with Crippen molar-refractivity contribution in [2.24, 2.45) is 5.92 Å². The van der Waals surface area contributed by atoms with Crippen molar-refractivity contribution in [1.82, 2.24) is 5.32 Å². The zero-order valence-corrected chi connectivity index (χ0v) is 18.6. The zero-order valence-electron chi connectivity index (χ0n) is 17.8. The van der Waals surface area contributed by atoms with E-state index in [9.17, 15) is 14.9 Å². The monoisotopic (exact) mass is 466 g/mol. The number of nitro benzene ring substituents is 1. The number of halogens is 1. The van der Waals surface area contributed by atoms with Crippen LogP contribution in [0.4, 0.5) is 17.1 Å². The predicted octanol–water partition coefficient (Wildman–Crippen LogP) is 4.03. The largest absolute Gasteiger partial charge is 0.467 e. The van der Waals surface area contributed by atoms with E-state index in [-0.39, 0.29) is 23.6 Å². The molecule has 3 aromatic rings. The molecular formula is C24H23ClN4O4. The van der Waals surface area contributed by atoms with Crippen LogP contribution in [0.5, 0.6) is 0 Å². The van der Waals surface area contributed by atoms with Gasteiger partial charge in [0, 0.05) is 48.2 Å². The van der Waals surface area contributed by atoms with Gasteiger partial charge in [0.2, 0.25) is 5.91 Å². The van der Waals surface area contributed by atoms with Gasteiger partial charge in [-0.1, -0.05) is 11.6 Å². The van der Waals surface area contributed by atoms with Crippen LogP contribution in [0.15, 0.2) is 65.3 Å². The first kappa shape index (κ1) is 21.3. The lowest BCUT2D eigenvalue weighted by Crippen LogP contribution is -2.61. The smallest absolute Gasteiger partial charge is 0.269 e. The van der Waals surface area contributed by atoms with Crippen LogP contribution in [-0.2, 0) is 17.8 Å². The summed E-state index contributed by atoms with van der Waals surface area (Å²) >= 11 is 6.06. The second-order valence-corrected chi connectivity index (χ2v) is 8.80. The van der Waals surface area contributed by atoms with Gasteiger partial charge in [0.1, 0.15) is 5.76 Å². The first-order valence-corrected chi connectivity index (χ1v) is 11.2. The second kappa shape index (κ2) is 8.78. The fourth-order valence-electron chi connectivity index (χ4n) is 4.83. The Labute approximate surface area is 195 Å². The molecule has 5 rings (SSSR count). The SMILES string of the molecule is O=C(NCc1ccco1)C1Cc2cc([N+](=O)[O-])ccc2N2CCN(c3ccc(Cl)cc3)CC12. The molecule has 2 aromatic carbocycles. The number of amides is 1. The van der Waals surface area contributed by atoms with Crippen LogP contribution in [-0.4, -0.2) is 36.5 Å². The summed E-state index contributed by atoms with van der Waals surface area (Å²) < 4.78 is 5.34. The molecule has 0 bridgehead atoms. The molecule has 0 saturated carbocycles. The first-order valence-electron chi connectivity index (χ1n) is 10.8. The number of furan rings is 1. The summed E-state index contributed by atoms with van der Waals surface area (Å²) in [6.07, 6.45) is 2.01. The summed E-state index contributed by atoms with van der Waals surface area (Å²) in [6.45, 7) is 2.45. The van der Waals surface area contributed by atoms with Gasteiger partial charge in [-0.2, -0.15) is 0 Å². The lowest BCUT2D eigenvalue weighted by atomic mass is 9.83. The van der Waals surface area contributed by atoms with E-state index in [0.717, 1.165) is 23.5 Å². The number of benzene rings is 2. The Bertz CT molecular complexity index is 1170. The lowest BCUT2D eigenvalue weighted by Gasteiger charge is -2.49. The third-order valence-electron chi connectivity index (χ3n) is 6.45. The Morgan fingerprint density at radius 3 is 2.73 bits per heavy atom. The molecule has 8 nitrogen and oxygen atoms in total. The third-order valence-corrected chi connectivity index (χ3v) is 6.70. The minimum atomic E-state index is -0.392. The highest BCUT2D eigenvalue weighted by Crippen LogP contribution is 2.38. The number of nitrogens with zero attached hydrogens (tertiary/aromatic N) is 3. The van der Waals surface area contributed by atoms with E-state index in [4.69, 9.17) is 16.0 Å². The first-order chi connectivity index (χ1) is 16.0.